The molecule has 1 rings (SSSR count). The first-order chi connectivity index (χ1) is 4.84. The topological polar surface area (TPSA) is 34.9 Å². The molecule has 1 heterocycles. The van der Waals surface area contributed by atoms with E-state index in [-0.39, 0.29) is 5.91 Å². The van der Waals surface area contributed by atoms with Crippen molar-refractivity contribution in [2.45, 2.75) is 6.42 Å². The first kappa shape index (κ1) is 7.71. The van der Waals surface area contributed by atoms with E-state index in [9.17, 15) is 4.79 Å². The Morgan fingerprint density at radius 2 is 2.50 bits per heavy atom. The molecule has 0 unspecified atom stereocenters. The number of imidazole rings is 1. The summed E-state index contributed by atoms with van der Waals surface area (Å²) >= 11 is 2.17. The van der Waals surface area contributed by atoms with Crippen LogP contribution in [0.2, 0.25) is 0 Å². The number of hydrogen-bond donors (Lipinski definition) is 0. The summed E-state index contributed by atoms with van der Waals surface area (Å²) in [6.45, 7) is 0. The fraction of sp³-hybridized carbons (Fsp3) is 0.333. The molecule has 54 valence electrons. The Morgan fingerprint density at radius 1 is 1.70 bits per heavy atom. The lowest BCUT2D eigenvalue weighted by Crippen LogP contribution is -2.07. The second-order valence-electron chi connectivity index (χ2n) is 1.80. The van der Waals surface area contributed by atoms with Crippen LogP contribution in [0.5, 0.6) is 0 Å². The Labute approximate surface area is 72.6 Å². The first-order valence-electron chi connectivity index (χ1n) is 2.91. The lowest BCUT2D eigenvalue weighted by Gasteiger charge is -1.95. The van der Waals surface area contributed by atoms with Gasteiger partial charge < -0.3 is 0 Å². The molecule has 0 bridgehead atoms. The third-order valence-electron chi connectivity index (χ3n) is 1.10. The predicted octanol–water partition coefficient (Wildman–Crippen LogP) is 1.35. The molecule has 0 amide bonds. The van der Waals surface area contributed by atoms with Crippen LogP contribution in [0.25, 0.3) is 0 Å². The van der Waals surface area contributed by atoms with Crippen LogP contribution in [0, 0.1) is 0 Å². The normalized spacial score (nSPS) is 9.70. The highest BCUT2D eigenvalue weighted by molar-refractivity contribution is 14.1. The number of carbonyl (C=O) groups excluding carboxylic acids is 1. The molecule has 4 heteroatoms. The maximum atomic E-state index is 11.0. The van der Waals surface area contributed by atoms with E-state index in [2.05, 4.69) is 27.6 Å². The average molecular weight is 250 g/mol. The van der Waals surface area contributed by atoms with Crippen molar-refractivity contribution < 1.29 is 4.79 Å². The van der Waals surface area contributed by atoms with Gasteiger partial charge in [0.1, 0.15) is 6.33 Å². The number of rotatable bonds is 2. The van der Waals surface area contributed by atoms with Crippen molar-refractivity contribution in [2.24, 2.45) is 0 Å². The minimum absolute atomic E-state index is 0.104. The second-order valence-corrected chi connectivity index (χ2v) is 2.88. The summed E-state index contributed by atoms with van der Waals surface area (Å²) in [6.07, 6.45) is 5.37. The van der Waals surface area contributed by atoms with Crippen molar-refractivity contribution in [1.82, 2.24) is 9.55 Å². The van der Waals surface area contributed by atoms with E-state index < -0.39 is 0 Å². The lowest BCUT2D eigenvalue weighted by atomic mass is 10.4. The molecule has 0 saturated heterocycles. The van der Waals surface area contributed by atoms with Gasteiger partial charge in [-0.2, -0.15) is 0 Å². The van der Waals surface area contributed by atoms with E-state index in [0.717, 1.165) is 4.43 Å². The quantitative estimate of drug-likeness (QED) is 0.586. The van der Waals surface area contributed by atoms with Crippen molar-refractivity contribution in [3.63, 3.8) is 0 Å². The zero-order chi connectivity index (χ0) is 7.40. The molecule has 0 aliphatic carbocycles. The third kappa shape index (κ3) is 1.80. The van der Waals surface area contributed by atoms with Gasteiger partial charge >= 0.3 is 0 Å². The molecule has 3 nitrogen and oxygen atoms in total. The van der Waals surface area contributed by atoms with Gasteiger partial charge in [0.2, 0.25) is 5.91 Å². The number of halogens is 1. The van der Waals surface area contributed by atoms with Gasteiger partial charge in [0, 0.05) is 23.2 Å². The second kappa shape index (κ2) is 3.70. The molecular formula is C6H7IN2O. The summed E-state index contributed by atoms with van der Waals surface area (Å²) in [4.78, 5) is 14.8. The van der Waals surface area contributed by atoms with E-state index in [1.165, 1.54) is 10.9 Å². The third-order valence-corrected chi connectivity index (χ3v) is 1.64. The fourth-order valence-corrected chi connectivity index (χ4v) is 1.08. The van der Waals surface area contributed by atoms with Crippen LogP contribution < -0.4 is 0 Å². The number of carbonyl (C=O) groups is 1. The minimum atomic E-state index is 0.104. The Hall–Kier alpha value is -0.390. The Bertz CT molecular complexity index is 208. The molecule has 0 aliphatic heterocycles. The summed E-state index contributed by atoms with van der Waals surface area (Å²) in [6, 6.07) is 0. The van der Waals surface area contributed by atoms with Gasteiger partial charge in [0.25, 0.3) is 0 Å². The highest BCUT2D eigenvalue weighted by Crippen LogP contribution is 1.94. The molecule has 0 N–H and O–H groups in total. The molecule has 10 heavy (non-hydrogen) atoms. The zero-order valence-corrected chi connectivity index (χ0v) is 7.48. The van der Waals surface area contributed by atoms with E-state index in [4.69, 9.17) is 0 Å². The molecule has 1 aromatic heterocycles. The van der Waals surface area contributed by atoms with E-state index in [0.29, 0.717) is 6.42 Å². The molecule has 0 fully saturated rings. The van der Waals surface area contributed by atoms with Crippen LogP contribution >= 0.6 is 22.6 Å². The van der Waals surface area contributed by atoms with Crippen molar-refractivity contribution in [3.8, 4) is 0 Å². The minimum Gasteiger partial charge on any atom is -0.276 e. The molecule has 0 radical (unpaired) electrons. The molecule has 0 aromatic carbocycles. The number of nitrogens with zero attached hydrogens (tertiary/aromatic N) is 2. The van der Waals surface area contributed by atoms with Crippen LogP contribution in [0.3, 0.4) is 0 Å². The monoisotopic (exact) mass is 250 g/mol. The average Bonchev–Trinajstić information content (AvgIpc) is 2.38. The van der Waals surface area contributed by atoms with Gasteiger partial charge in [-0.05, 0) is 0 Å². The Kier molecular flexibility index (Phi) is 2.85. The van der Waals surface area contributed by atoms with Crippen molar-refractivity contribution in [2.75, 3.05) is 4.43 Å². The Balaban J connectivity index is 2.59. The van der Waals surface area contributed by atoms with Crippen LogP contribution in [0.4, 0.5) is 0 Å². The van der Waals surface area contributed by atoms with Crippen molar-refractivity contribution in [1.29, 1.82) is 0 Å². The summed E-state index contributed by atoms with van der Waals surface area (Å²) in [5, 5.41) is 0. The smallest absolute Gasteiger partial charge is 0.232 e. The van der Waals surface area contributed by atoms with Crippen LogP contribution in [0.15, 0.2) is 18.7 Å². The van der Waals surface area contributed by atoms with Crippen molar-refractivity contribution >= 4 is 28.5 Å². The van der Waals surface area contributed by atoms with Gasteiger partial charge in [-0.25, -0.2) is 4.98 Å². The van der Waals surface area contributed by atoms with Crippen molar-refractivity contribution in [3.05, 3.63) is 18.7 Å². The lowest BCUT2D eigenvalue weighted by molar-refractivity contribution is 0.0911. The van der Waals surface area contributed by atoms with Crippen LogP contribution in [0.1, 0.15) is 11.2 Å². The molecule has 0 aliphatic rings. The summed E-state index contributed by atoms with van der Waals surface area (Å²) in [7, 11) is 0. The molecule has 0 saturated carbocycles. The molecule has 1 aromatic rings. The van der Waals surface area contributed by atoms with E-state index in [1.54, 1.807) is 12.4 Å². The SMILES string of the molecule is O=C(CCI)n1ccnc1. The number of aromatic nitrogens is 2. The Morgan fingerprint density at radius 3 is 3.00 bits per heavy atom. The highest BCUT2D eigenvalue weighted by atomic mass is 127. The van der Waals surface area contributed by atoms with Gasteiger partial charge in [-0.3, -0.25) is 9.36 Å². The summed E-state index contributed by atoms with van der Waals surface area (Å²) < 4.78 is 2.35. The fourth-order valence-electron chi connectivity index (χ4n) is 0.617. The molecule has 0 atom stereocenters. The zero-order valence-electron chi connectivity index (χ0n) is 5.33. The predicted molar refractivity (Wildman–Crippen MR) is 46.4 cm³/mol. The summed E-state index contributed by atoms with van der Waals surface area (Å²) in [5.74, 6) is 0.104. The van der Waals surface area contributed by atoms with Gasteiger partial charge in [-0.15, -0.1) is 0 Å². The van der Waals surface area contributed by atoms with E-state index in [1.807, 2.05) is 0 Å². The van der Waals surface area contributed by atoms with E-state index >= 15 is 0 Å². The molecular weight excluding hydrogens is 243 g/mol. The number of hydrogen-bond acceptors (Lipinski definition) is 2. The number of alkyl halides is 1. The maximum Gasteiger partial charge on any atom is 0.232 e. The van der Waals surface area contributed by atoms with Gasteiger partial charge in [-0.1, -0.05) is 22.6 Å². The van der Waals surface area contributed by atoms with Gasteiger partial charge in [0.15, 0.2) is 0 Å². The maximum absolute atomic E-state index is 11.0. The van der Waals surface area contributed by atoms with Crippen LogP contribution in [-0.2, 0) is 0 Å². The molecule has 0 spiro atoms. The standard InChI is InChI=1S/C6H7IN2O/c7-2-1-6(10)9-4-3-8-5-9/h3-5H,1-2H2. The largest absolute Gasteiger partial charge is 0.276 e. The van der Waals surface area contributed by atoms with Gasteiger partial charge in [0.05, 0.1) is 0 Å². The first-order valence-corrected chi connectivity index (χ1v) is 4.44. The van der Waals surface area contributed by atoms with Crippen LogP contribution in [-0.4, -0.2) is 19.9 Å². The summed E-state index contributed by atoms with van der Waals surface area (Å²) in [5.41, 5.74) is 0. The highest BCUT2D eigenvalue weighted by Gasteiger charge is 2.00.